The highest BCUT2D eigenvalue weighted by Crippen LogP contribution is 2.36. The van der Waals surface area contributed by atoms with Gasteiger partial charge in [-0.3, -0.25) is 0 Å². The maximum atomic E-state index is 5.91. The first-order valence-electron chi connectivity index (χ1n) is 6.44. The summed E-state index contributed by atoms with van der Waals surface area (Å²) in [5, 5.41) is 6.72. The molecule has 4 heteroatoms. The molecule has 1 N–H and O–H groups in total. The van der Waals surface area contributed by atoms with Crippen molar-refractivity contribution in [2.45, 2.75) is 45.3 Å². The van der Waals surface area contributed by atoms with Gasteiger partial charge in [0.1, 0.15) is 0 Å². The minimum atomic E-state index is 0.354. The van der Waals surface area contributed by atoms with Crippen molar-refractivity contribution in [3.63, 3.8) is 0 Å². The number of aromatic nitrogens is 1. The third-order valence-corrected chi connectivity index (χ3v) is 4.13. The molecule has 17 heavy (non-hydrogen) atoms. The van der Waals surface area contributed by atoms with Crippen LogP contribution in [0.2, 0.25) is 0 Å². The quantitative estimate of drug-likeness (QED) is 0.811. The Hall–Kier alpha value is -0.450. The second-order valence-electron chi connectivity index (χ2n) is 4.71. The Morgan fingerprint density at radius 3 is 2.82 bits per heavy atom. The van der Waals surface area contributed by atoms with Crippen molar-refractivity contribution < 1.29 is 4.74 Å². The van der Waals surface area contributed by atoms with E-state index in [0.717, 1.165) is 24.0 Å². The normalized spacial score (nSPS) is 19.2. The van der Waals surface area contributed by atoms with Gasteiger partial charge in [-0.15, -0.1) is 11.3 Å². The SMILES string of the molecule is CCOC(C1CC1)C(Cc1csc(C)n1)NC. The predicted molar refractivity (Wildman–Crippen MR) is 71.5 cm³/mol. The lowest BCUT2D eigenvalue weighted by Crippen LogP contribution is -2.42. The molecule has 1 fully saturated rings. The lowest BCUT2D eigenvalue weighted by molar-refractivity contribution is 0.0209. The van der Waals surface area contributed by atoms with Crippen LogP contribution >= 0.6 is 11.3 Å². The van der Waals surface area contributed by atoms with Gasteiger partial charge in [-0.1, -0.05) is 0 Å². The Morgan fingerprint density at radius 2 is 2.35 bits per heavy atom. The average Bonchev–Trinajstić information content (AvgIpc) is 3.07. The second-order valence-corrected chi connectivity index (χ2v) is 5.78. The molecule has 1 aliphatic rings. The van der Waals surface area contributed by atoms with Gasteiger partial charge in [0.2, 0.25) is 0 Å². The Morgan fingerprint density at radius 1 is 1.59 bits per heavy atom. The zero-order chi connectivity index (χ0) is 12.3. The number of thiazole rings is 1. The van der Waals surface area contributed by atoms with Gasteiger partial charge >= 0.3 is 0 Å². The standard InChI is InChI=1S/C13H22N2OS/c1-4-16-13(10-5-6-10)12(14-3)7-11-8-17-9(2)15-11/h8,10,12-14H,4-7H2,1-3H3. The van der Waals surface area contributed by atoms with Crippen molar-refractivity contribution in [1.82, 2.24) is 10.3 Å². The maximum absolute atomic E-state index is 5.91. The third-order valence-electron chi connectivity index (χ3n) is 3.31. The van der Waals surface area contributed by atoms with E-state index in [0.29, 0.717) is 12.1 Å². The summed E-state index contributed by atoms with van der Waals surface area (Å²) >= 11 is 1.73. The zero-order valence-corrected chi connectivity index (χ0v) is 11.7. The molecule has 0 radical (unpaired) electrons. The smallest absolute Gasteiger partial charge is 0.0897 e. The predicted octanol–water partition coefficient (Wildman–Crippen LogP) is 2.40. The molecule has 3 nitrogen and oxygen atoms in total. The number of ether oxygens (including phenoxy) is 1. The number of aryl methyl sites for hydroxylation is 1. The van der Waals surface area contributed by atoms with E-state index in [-0.39, 0.29) is 0 Å². The van der Waals surface area contributed by atoms with Crippen LogP contribution in [0.3, 0.4) is 0 Å². The van der Waals surface area contributed by atoms with Crippen LogP contribution in [-0.4, -0.2) is 30.8 Å². The third kappa shape index (κ3) is 3.50. The van der Waals surface area contributed by atoms with Gasteiger partial charge < -0.3 is 10.1 Å². The largest absolute Gasteiger partial charge is 0.377 e. The molecule has 1 heterocycles. The first-order valence-corrected chi connectivity index (χ1v) is 7.32. The van der Waals surface area contributed by atoms with Crippen molar-refractivity contribution in [2.75, 3.05) is 13.7 Å². The highest BCUT2D eigenvalue weighted by atomic mass is 32.1. The lowest BCUT2D eigenvalue weighted by Gasteiger charge is -2.26. The van der Waals surface area contributed by atoms with Crippen molar-refractivity contribution in [3.05, 3.63) is 16.1 Å². The van der Waals surface area contributed by atoms with E-state index in [1.54, 1.807) is 11.3 Å². The van der Waals surface area contributed by atoms with E-state index in [4.69, 9.17) is 4.74 Å². The molecular formula is C13H22N2OS. The molecule has 1 saturated carbocycles. The Kier molecular flexibility index (Phi) is 4.54. The van der Waals surface area contributed by atoms with Gasteiger partial charge in [-0.2, -0.15) is 0 Å². The van der Waals surface area contributed by atoms with Gasteiger partial charge in [0.15, 0.2) is 0 Å². The van der Waals surface area contributed by atoms with Crippen molar-refractivity contribution >= 4 is 11.3 Å². The van der Waals surface area contributed by atoms with E-state index < -0.39 is 0 Å². The molecular weight excluding hydrogens is 232 g/mol. The van der Waals surface area contributed by atoms with Crippen LogP contribution in [0.5, 0.6) is 0 Å². The minimum Gasteiger partial charge on any atom is -0.377 e. The van der Waals surface area contributed by atoms with Crippen LogP contribution in [-0.2, 0) is 11.2 Å². The molecule has 0 bridgehead atoms. The molecule has 96 valence electrons. The molecule has 0 saturated heterocycles. The molecule has 0 amide bonds. The van der Waals surface area contributed by atoms with E-state index >= 15 is 0 Å². The maximum Gasteiger partial charge on any atom is 0.0897 e. The molecule has 2 unspecified atom stereocenters. The summed E-state index contributed by atoms with van der Waals surface area (Å²) in [4.78, 5) is 4.54. The van der Waals surface area contributed by atoms with Gasteiger partial charge in [0, 0.05) is 24.4 Å². The number of rotatable bonds is 7. The summed E-state index contributed by atoms with van der Waals surface area (Å²) in [6.45, 7) is 4.94. The Labute approximate surface area is 108 Å². The van der Waals surface area contributed by atoms with E-state index in [2.05, 4.69) is 29.5 Å². The minimum absolute atomic E-state index is 0.354. The van der Waals surface area contributed by atoms with Crippen molar-refractivity contribution in [1.29, 1.82) is 0 Å². The number of likely N-dealkylation sites (N-methyl/N-ethyl adjacent to an activating group) is 1. The molecule has 2 atom stereocenters. The van der Waals surface area contributed by atoms with Crippen LogP contribution in [0.15, 0.2) is 5.38 Å². The molecule has 1 aliphatic carbocycles. The average molecular weight is 254 g/mol. The van der Waals surface area contributed by atoms with Crippen molar-refractivity contribution in [3.8, 4) is 0 Å². The molecule has 2 rings (SSSR count). The van der Waals surface area contributed by atoms with E-state index in [1.807, 2.05) is 7.05 Å². The van der Waals surface area contributed by atoms with Gasteiger partial charge in [-0.25, -0.2) is 4.98 Å². The number of nitrogens with zero attached hydrogens (tertiary/aromatic N) is 1. The first kappa shape index (κ1) is 13.0. The Bertz CT molecular complexity index is 349. The van der Waals surface area contributed by atoms with Crippen LogP contribution in [0.1, 0.15) is 30.5 Å². The molecule has 1 aromatic heterocycles. The number of hydrogen-bond acceptors (Lipinski definition) is 4. The van der Waals surface area contributed by atoms with Crippen LogP contribution in [0, 0.1) is 12.8 Å². The monoisotopic (exact) mass is 254 g/mol. The van der Waals surface area contributed by atoms with Gasteiger partial charge in [-0.05, 0) is 39.7 Å². The highest BCUT2D eigenvalue weighted by Gasteiger charge is 2.36. The first-order chi connectivity index (χ1) is 8.24. The van der Waals surface area contributed by atoms with E-state index in [1.165, 1.54) is 18.5 Å². The summed E-state index contributed by atoms with van der Waals surface area (Å²) in [7, 11) is 2.03. The van der Waals surface area contributed by atoms with Crippen LogP contribution < -0.4 is 5.32 Å². The topological polar surface area (TPSA) is 34.1 Å². The van der Waals surface area contributed by atoms with Crippen molar-refractivity contribution in [2.24, 2.45) is 5.92 Å². The molecule has 1 aromatic rings. The van der Waals surface area contributed by atoms with Gasteiger partial charge in [0.25, 0.3) is 0 Å². The summed E-state index contributed by atoms with van der Waals surface area (Å²) in [5.74, 6) is 0.757. The van der Waals surface area contributed by atoms with Crippen LogP contribution in [0.25, 0.3) is 0 Å². The Balaban J connectivity index is 1.98. The fourth-order valence-corrected chi connectivity index (χ4v) is 2.93. The summed E-state index contributed by atoms with van der Waals surface area (Å²) in [6, 6.07) is 0.393. The van der Waals surface area contributed by atoms with Gasteiger partial charge in [0.05, 0.1) is 16.8 Å². The summed E-state index contributed by atoms with van der Waals surface area (Å²) in [5.41, 5.74) is 1.19. The molecule has 0 spiro atoms. The molecule has 0 aromatic carbocycles. The highest BCUT2D eigenvalue weighted by molar-refractivity contribution is 7.09. The zero-order valence-electron chi connectivity index (χ0n) is 10.9. The van der Waals surface area contributed by atoms with E-state index in [9.17, 15) is 0 Å². The second kappa shape index (κ2) is 5.94. The fraction of sp³-hybridized carbons (Fsp3) is 0.769. The number of hydrogen-bond donors (Lipinski definition) is 1. The fourth-order valence-electron chi connectivity index (χ4n) is 2.31. The van der Waals surface area contributed by atoms with Crippen LogP contribution in [0.4, 0.5) is 0 Å². The summed E-state index contributed by atoms with van der Waals surface area (Å²) in [6.07, 6.45) is 3.96. The molecule has 0 aliphatic heterocycles. The number of nitrogens with one attached hydrogen (secondary N) is 1. The lowest BCUT2D eigenvalue weighted by atomic mass is 10.0. The summed E-state index contributed by atoms with van der Waals surface area (Å²) < 4.78 is 5.91.